The normalized spacial score (nSPS) is 15.5. The van der Waals surface area contributed by atoms with E-state index in [2.05, 4.69) is 28.5 Å². The first-order valence-electron chi connectivity index (χ1n) is 8.76. The standard InChI is InChI=1S/C11H16N2.C10H7NO2/c1-13-9-6-5-8-3-2-4-11(12)10(8)7-9;12-6-7-5-11-9-4-2-1-3-8(9)10(7)13/h5-7,11,13H,2-4,12H2,1H3;1-6H,(H,11,13). The van der Waals surface area contributed by atoms with Crippen LogP contribution in [-0.2, 0) is 6.42 Å². The van der Waals surface area contributed by atoms with E-state index in [0.717, 1.165) is 17.6 Å². The van der Waals surface area contributed by atoms with Crippen molar-refractivity contribution >= 4 is 22.9 Å². The number of aldehydes is 1. The van der Waals surface area contributed by atoms with Crippen molar-refractivity contribution in [1.82, 2.24) is 4.98 Å². The van der Waals surface area contributed by atoms with E-state index in [1.54, 1.807) is 18.2 Å². The van der Waals surface area contributed by atoms with Gasteiger partial charge in [0.25, 0.3) is 0 Å². The average Bonchev–Trinajstić information content (AvgIpc) is 2.69. The lowest BCUT2D eigenvalue weighted by molar-refractivity contribution is 0.112. The molecule has 1 unspecified atom stereocenters. The monoisotopic (exact) mass is 349 g/mol. The van der Waals surface area contributed by atoms with Gasteiger partial charge in [-0.15, -0.1) is 0 Å². The smallest absolute Gasteiger partial charge is 0.199 e. The molecular formula is C21H23N3O2. The van der Waals surface area contributed by atoms with E-state index in [0.29, 0.717) is 11.7 Å². The molecule has 0 spiro atoms. The number of aromatic amines is 1. The molecule has 0 saturated heterocycles. The van der Waals surface area contributed by atoms with Crippen LogP contribution in [0.4, 0.5) is 5.69 Å². The van der Waals surface area contributed by atoms with Gasteiger partial charge in [-0.3, -0.25) is 9.59 Å². The van der Waals surface area contributed by atoms with Crippen molar-refractivity contribution in [1.29, 1.82) is 0 Å². The quantitative estimate of drug-likeness (QED) is 0.619. The van der Waals surface area contributed by atoms with Crippen LogP contribution in [0.1, 0.15) is 40.4 Å². The number of fused-ring (bicyclic) bond motifs is 2. The molecule has 1 aliphatic carbocycles. The molecular weight excluding hydrogens is 326 g/mol. The molecule has 0 fully saturated rings. The van der Waals surface area contributed by atoms with E-state index in [9.17, 15) is 9.59 Å². The number of rotatable bonds is 2. The van der Waals surface area contributed by atoms with E-state index in [1.807, 2.05) is 13.1 Å². The summed E-state index contributed by atoms with van der Waals surface area (Å²) in [7, 11) is 1.94. The number of benzene rings is 2. The van der Waals surface area contributed by atoms with Crippen LogP contribution in [0.3, 0.4) is 0 Å². The van der Waals surface area contributed by atoms with Crippen LogP contribution >= 0.6 is 0 Å². The summed E-state index contributed by atoms with van der Waals surface area (Å²) in [5.41, 5.74) is 10.7. The summed E-state index contributed by atoms with van der Waals surface area (Å²) < 4.78 is 0. The molecule has 26 heavy (non-hydrogen) atoms. The van der Waals surface area contributed by atoms with Gasteiger partial charge in [0.1, 0.15) is 0 Å². The molecule has 5 heteroatoms. The summed E-state index contributed by atoms with van der Waals surface area (Å²) >= 11 is 0. The number of aryl methyl sites for hydroxylation is 1. The molecule has 0 saturated carbocycles. The van der Waals surface area contributed by atoms with Gasteiger partial charge in [0, 0.05) is 35.9 Å². The molecule has 1 atom stereocenters. The molecule has 0 amide bonds. The van der Waals surface area contributed by atoms with Crippen molar-refractivity contribution in [2.75, 3.05) is 12.4 Å². The van der Waals surface area contributed by atoms with E-state index in [4.69, 9.17) is 5.73 Å². The predicted molar refractivity (Wildman–Crippen MR) is 106 cm³/mol. The summed E-state index contributed by atoms with van der Waals surface area (Å²) in [6, 6.07) is 13.8. The SMILES string of the molecule is CNc1ccc2c(c1)C(N)CCC2.O=Cc1c[nH]c2ccccc2c1=O. The van der Waals surface area contributed by atoms with Gasteiger partial charge in [0.05, 0.1) is 5.56 Å². The van der Waals surface area contributed by atoms with E-state index < -0.39 is 0 Å². The Morgan fingerprint density at radius 1 is 1.23 bits per heavy atom. The summed E-state index contributed by atoms with van der Waals surface area (Å²) in [4.78, 5) is 24.8. The first-order valence-corrected chi connectivity index (χ1v) is 8.76. The molecule has 5 nitrogen and oxygen atoms in total. The molecule has 2 aromatic carbocycles. The van der Waals surface area contributed by atoms with Crippen LogP contribution in [0.5, 0.6) is 0 Å². The molecule has 3 aromatic rings. The van der Waals surface area contributed by atoms with Gasteiger partial charge < -0.3 is 16.0 Å². The molecule has 4 rings (SSSR count). The predicted octanol–water partition coefficient (Wildman–Crippen LogP) is 3.41. The minimum absolute atomic E-state index is 0.165. The highest BCUT2D eigenvalue weighted by molar-refractivity contribution is 5.85. The fourth-order valence-corrected chi connectivity index (χ4v) is 3.26. The van der Waals surface area contributed by atoms with Gasteiger partial charge >= 0.3 is 0 Å². The number of carbonyl (C=O) groups excluding carboxylic acids is 1. The lowest BCUT2D eigenvalue weighted by Gasteiger charge is -2.22. The zero-order chi connectivity index (χ0) is 18.5. The fourth-order valence-electron chi connectivity index (χ4n) is 3.26. The Bertz CT molecular complexity index is 978. The molecule has 0 bridgehead atoms. The number of H-pyrrole nitrogens is 1. The average molecular weight is 349 g/mol. The van der Waals surface area contributed by atoms with Crippen molar-refractivity contribution in [2.45, 2.75) is 25.3 Å². The number of pyridine rings is 1. The highest BCUT2D eigenvalue weighted by Gasteiger charge is 2.16. The van der Waals surface area contributed by atoms with Crippen molar-refractivity contribution in [3.8, 4) is 0 Å². The van der Waals surface area contributed by atoms with Gasteiger partial charge in [0.2, 0.25) is 0 Å². The van der Waals surface area contributed by atoms with Crippen LogP contribution in [-0.4, -0.2) is 18.3 Å². The van der Waals surface area contributed by atoms with Crippen molar-refractivity contribution < 1.29 is 4.79 Å². The minimum atomic E-state index is -0.218. The number of carbonyl (C=O) groups is 1. The number of anilines is 1. The number of nitrogens with one attached hydrogen (secondary N) is 2. The largest absolute Gasteiger partial charge is 0.388 e. The van der Waals surface area contributed by atoms with Crippen LogP contribution in [0.25, 0.3) is 10.9 Å². The second-order valence-corrected chi connectivity index (χ2v) is 6.40. The van der Waals surface area contributed by atoms with Gasteiger partial charge in [-0.2, -0.15) is 0 Å². The van der Waals surface area contributed by atoms with Crippen LogP contribution in [0.2, 0.25) is 0 Å². The van der Waals surface area contributed by atoms with Gasteiger partial charge in [-0.1, -0.05) is 18.2 Å². The van der Waals surface area contributed by atoms with Crippen LogP contribution in [0.15, 0.2) is 53.5 Å². The number of hydrogen-bond donors (Lipinski definition) is 3. The van der Waals surface area contributed by atoms with Crippen LogP contribution < -0.4 is 16.5 Å². The van der Waals surface area contributed by atoms with Gasteiger partial charge in [-0.05, 0) is 54.7 Å². The van der Waals surface area contributed by atoms with Crippen LogP contribution in [0, 0.1) is 0 Å². The minimum Gasteiger partial charge on any atom is -0.388 e. The molecule has 1 heterocycles. The van der Waals surface area contributed by atoms with Crippen molar-refractivity contribution in [3.05, 3.63) is 75.6 Å². The Morgan fingerprint density at radius 3 is 2.81 bits per heavy atom. The lowest BCUT2D eigenvalue weighted by atomic mass is 9.88. The Balaban J connectivity index is 0.000000151. The zero-order valence-electron chi connectivity index (χ0n) is 14.8. The summed E-state index contributed by atoms with van der Waals surface area (Å²) in [6.45, 7) is 0. The number of para-hydroxylation sites is 1. The van der Waals surface area contributed by atoms with Gasteiger partial charge in [-0.25, -0.2) is 0 Å². The molecule has 1 aromatic heterocycles. The van der Waals surface area contributed by atoms with E-state index >= 15 is 0 Å². The topological polar surface area (TPSA) is 88.0 Å². The Labute approximate surface area is 152 Å². The fraction of sp³-hybridized carbons (Fsp3) is 0.238. The maximum absolute atomic E-state index is 11.5. The van der Waals surface area contributed by atoms with Crippen molar-refractivity contribution in [3.63, 3.8) is 0 Å². The zero-order valence-corrected chi connectivity index (χ0v) is 14.8. The molecule has 0 radical (unpaired) electrons. The molecule has 1 aliphatic rings. The first-order chi connectivity index (χ1) is 12.6. The number of hydrogen-bond acceptors (Lipinski definition) is 4. The maximum atomic E-state index is 11.5. The van der Waals surface area contributed by atoms with Gasteiger partial charge in [0.15, 0.2) is 11.7 Å². The third-order valence-electron chi connectivity index (χ3n) is 4.74. The molecule has 0 aliphatic heterocycles. The third-order valence-corrected chi connectivity index (χ3v) is 4.74. The summed E-state index contributed by atoms with van der Waals surface area (Å²) in [6.07, 6.45) is 5.53. The van der Waals surface area contributed by atoms with E-state index in [1.165, 1.54) is 30.2 Å². The Morgan fingerprint density at radius 2 is 2.04 bits per heavy atom. The number of aromatic nitrogens is 1. The van der Waals surface area contributed by atoms with E-state index in [-0.39, 0.29) is 17.0 Å². The Hall–Kier alpha value is -2.92. The second kappa shape index (κ2) is 7.97. The highest BCUT2D eigenvalue weighted by atomic mass is 16.1. The summed E-state index contributed by atoms with van der Waals surface area (Å²) in [5.74, 6) is 0. The first kappa shape index (κ1) is 17.9. The second-order valence-electron chi connectivity index (χ2n) is 6.40. The Kier molecular flexibility index (Phi) is 5.49. The highest BCUT2D eigenvalue weighted by Crippen LogP contribution is 2.29. The molecule has 4 N–H and O–H groups in total. The lowest BCUT2D eigenvalue weighted by Crippen LogP contribution is -2.17. The number of nitrogens with two attached hydrogens (primary N) is 1. The third kappa shape index (κ3) is 3.68. The van der Waals surface area contributed by atoms with Crippen molar-refractivity contribution in [2.24, 2.45) is 5.73 Å². The summed E-state index contributed by atoms with van der Waals surface area (Å²) in [5, 5.41) is 3.69. The maximum Gasteiger partial charge on any atom is 0.199 e. The molecule has 134 valence electrons.